The lowest BCUT2D eigenvalue weighted by atomic mass is 10.1. The molecule has 0 radical (unpaired) electrons. The number of nitrogens with zero attached hydrogens (tertiary/aromatic N) is 1. The summed E-state index contributed by atoms with van der Waals surface area (Å²) >= 11 is 0. The minimum Gasteiger partial charge on any atom is -0.497 e. The third-order valence-corrected chi connectivity index (χ3v) is 3.66. The number of carbonyl (C=O) groups is 1. The maximum Gasteiger partial charge on any atom is 0.167 e. The Bertz CT molecular complexity index is 611. The van der Waals surface area contributed by atoms with Gasteiger partial charge in [0.15, 0.2) is 5.78 Å². The van der Waals surface area contributed by atoms with Crippen LogP contribution in [0.1, 0.15) is 23.2 Å². The second-order valence-corrected chi connectivity index (χ2v) is 5.30. The van der Waals surface area contributed by atoms with E-state index in [0.717, 1.165) is 36.4 Å². The first-order valence-electron chi connectivity index (χ1n) is 7.23. The van der Waals surface area contributed by atoms with Crippen molar-refractivity contribution < 1.29 is 14.3 Å². The highest BCUT2D eigenvalue weighted by Crippen LogP contribution is 2.32. The largest absolute Gasteiger partial charge is 0.497 e. The number of Topliss-reactive ketones (excluding diaryl/α,β-unsaturated/α-hetero) is 1. The maximum atomic E-state index is 11.9. The van der Waals surface area contributed by atoms with E-state index < -0.39 is 0 Å². The molecule has 1 aromatic heterocycles. The molecule has 2 aromatic rings. The van der Waals surface area contributed by atoms with Crippen LogP contribution in [0, 0.1) is 5.92 Å². The van der Waals surface area contributed by atoms with E-state index in [0.29, 0.717) is 6.61 Å². The molecule has 0 N–H and O–H groups in total. The van der Waals surface area contributed by atoms with Gasteiger partial charge in [0.05, 0.1) is 13.7 Å². The van der Waals surface area contributed by atoms with Crippen LogP contribution in [0.4, 0.5) is 0 Å². The van der Waals surface area contributed by atoms with Gasteiger partial charge in [0.2, 0.25) is 0 Å². The van der Waals surface area contributed by atoms with E-state index in [9.17, 15) is 4.79 Å². The highest BCUT2D eigenvalue weighted by atomic mass is 16.5. The Morgan fingerprint density at radius 1 is 1.19 bits per heavy atom. The minimum absolute atomic E-state index is 0.274. The number of ketones is 1. The van der Waals surface area contributed by atoms with Gasteiger partial charge in [-0.2, -0.15) is 0 Å². The Labute approximate surface area is 124 Å². The number of ether oxygens (including phenoxy) is 2. The molecular formula is C17H19NO3. The Morgan fingerprint density at radius 2 is 1.90 bits per heavy atom. The van der Waals surface area contributed by atoms with Crippen molar-refractivity contribution in [3.8, 4) is 11.5 Å². The lowest BCUT2D eigenvalue weighted by Crippen LogP contribution is -2.07. The molecule has 4 heteroatoms. The van der Waals surface area contributed by atoms with E-state index >= 15 is 0 Å². The summed E-state index contributed by atoms with van der Waals surface area (Å²) in [5.74, 6) is 2.19. The van der Waals surface area contributed by atoms with Crippen LogP contribution in [0.15, 0.2) is 42.7 Å². The monoisotopic (exact) mass is 285 g/mol. The smallest absolute Gasteiger partial charge is 0.167 e. The van der Waals surface area contributed by atoms with Gasteiger partial charge >= 0.3 is 0 Å². The zero-order valence-electron chi connectivity index (χ0n) is 12.1. The maximum absolute atomic E-state index is 11.9. The van der Waals surface area contributed by atoms with Crippen molar-refractivity contribution in [1.82, 2.24) is 4.57 Å². The number of carbonyl (C=O) groups excluding carboxylic acids is 1. The van der Waals surface area contributed by atoms with Crippen molar-refractivity contribution in [3.05, 3.63) is 48.3 Å². The fourth-order valence-electron chi connectivity index (χ4n) is 2.25. The first-order valence-corrected chi connectivity index (χ1v) is 7.23. The van der Waals surface area contributed by atoms with Gasteiger partial charge in [-0.3, -0.25) is 4.79 Å². The van der Waals surface area contributed by atoms with Gasteiger partial charge in [-0.1, -0.05) is 0 Å². The summed E-state index contributed by atoms with van der Waals surface area (Å²) in [4.78, 5) is 11.9. The van der Waals surface area contributed by atoms with Gasteiger partial charge in [-0.05, 0) is 43.2 Å². The first-order chi connectivity index (χ1) is 10.3. The van der Waals surface area contributed by atoms with Gasteiger partial charge in [-0.25, -0.2) is 0 Å². The molecule has 3 rings (SSSR count). The summed E-state index contributed by atoms with van der Waals surface area (Å²) in [6.07, 6.45) is 5.94. The van der Waals surface area contributed by atoms with Crippen LogP contribution in [0.25, 0.3) is 0 Å². The number of benzene rings is 1. The van der Waals surface area contributed by atoms with Crippen molar-refractivity contribution in [2.24, 2.45) is 5.92 Å². The number of aromatic nitrogens is 1. The standard InChI is InChI=1S/C17H19NO3/c1-20-15-4-6-16(7-5-15)21-11-10-18-9-8-14(12-18)17(19)13-2-3-13/h4-9,12-13H,2-3,10-11H2,1H3. The van der Waals surface area contributed by atoms with Crippen molar-refractivity contribution >= 4 is 5.78 Å². The predicted molar refractivity (Wildman–Crippen MR) is 80.0 cm³/mol. The van der Waals surface area contributed by atoms with Crippen LogP contribution in [0.2, 0.25) is 0 Å². The molecule has 21 heavy (non-hydrogen) atoms. The topological polar surface area (TPSA) is 40.5 Å². The molecule has 1 aliphatic rings. The van der Waals surface area contributed by atoms with E-state index in [2.05, 4.69) is 0 Å². The average Bonchev–Trinajstić information content (AvgIpc) is 3.26. The van der Waals surface area contributed by atoms with Gasteiger partial charge in [0, 0.05) is 23.9 Å². The number of rotatable bonds is 7. The van der Waals surface area contributed by atoms with Crippen LogP contribution in [0.3, 0.4) is 0 Å². The second-order valence-electron chi connectivity index (χ2n) is 5.30. The zero-order chi connectivity index (χ0) is 14.7. The van der Waals surface area contributed by atoms with E-state index in [1.54, 1.807) is 7.11 Å². The summed E-state index contributed by atoms with van der Waals surface area (Å²) < 4.78 is 12.8. The highest BCUT2D eigenvalue weighted by Gasteiger charge is 2.30. The predicted octanol–water partition coefficient (Wildman–Crippen LogP) is 3.17. The Hall–Kier alpha value is -2.23. The van der Waals surface area contributed by atoms with E-state index in [1.807, 2.05) is 47.3 Å². The summed E-state index contributed by atoms with van der Waals surface area (Å²) in [7, 11) is 1.64. The van der Waals surface area contributed by atoms with Crippen molar-refractivity contribution in [2.75, 3.05) is 13.7 Å². The third kappa shape index (κ3) is 3.45. The van der Waals surface area contributed by atoms with Crippen LogP contribution >= 0.6 is 0 Å². The quantitative estimate of drug-likeness (QED) is 0.734. The van der Waals surface area contributed by atoms with Crippen LogP contribution in [-0.2, 0) is 6.54 Å². The SMILES string of the molecule is COc1ccc(OCCn2ccc(C(=O)C3CC3)c2)cc1. The molecule has 1 aromatic carbocycles. The van der Waals surface area contributed by atoms with Crippen molar-refractivity contribution in [2.45, 2.75) is 19.4 Å². The van der Waals surface area contributed by atoms with E-state index in [1.165, 1.54) is 0 Å². The molecule has 0 saturated heterocycles. The Kier molecular flexibility index (Phi) is 3.95. The van der Waals surface area contributed by atoms with Crippen molar-refractivity contribution in [1.29, 1.82) is 0 Å². The lowest BCUT2D eigenvalue weighted by Gasteiger charge is -2.07. The molecule has 0 bridgehead atoms. The van der Waals surface area contributed by atoms with Gasteiger partial charge in [0.25, 0.3) is 0 Å². The molecule has 1 fully saturated rings. The van der Waals surface area contributed by atoms with Crippen LogP contribution in [0.5, 0.6) is 11.5 Å². The fourth-order valence-corrected chi connectivity index (χ4v) is 2.25. The number of methoxy groups -OCH3 is 1. The summed E-state index contributed by atoms with van der Waals surface area (Å²) in [6.45, 7) is 1.29. The zero-order valence-corrected chi connectivity index (χ0v) is 12.1. The van der Waals surface area contributed by atoms with E-state index in [4.69, 9.17) is 9.47 Å². The Morgan fingerprint density at radius 3 is 2.57 bits per heavy atom. The van der Waals surface area contributed by atoms with Crippen LogP contribution in [-0.4, -0.2) is 24.1 Å². The molecule has 0 aliphatic heterocycles. The third-order valence-electron chi connectivity index (χ3n) is 3.66. The normalized spacial score (nSPS) is 14.0. The second kappa shape index (κ2) is 6.04. The Balaban J connectivity index is 1.49. The first kappa shape index (κ1) is 13.7. The molecule has 110 valence electrons. The molecule has 0 amide bonds. The summed E-state index contributed by atoms with van der Waals surface area (Å²) in [6, 6.07) is 9.41. The summed E-state index contributed by atoms with van der Waals surface area (Å²) in [5.41, 5.74) is 0.821. The molecule has 1 heterocycles. The van der Waals surface area contributed by atoms with E-state index in [-0.39, 0.29) is 11.7 Å². The fraction of sp³-hybridized carbons (Fsp3) is 0.353. The molecule has 0 atom stereocenters. The molecule has 0 unspecified atom stereocenters. The number of hydrogen-bond donors (Lipinski definition) is 0. The minimum atomic E-state index is 0.274. The molecule has 0 spiro atoms. The van der Waals surface area contributed by atoms with Crippen molar-refractivity contribution in [3.63, 3.8) is 0 Å². The molecule has 4 nitrogen and oxygen atoms in total. The molecule has 1 saturated carbocycles. The highest BCUT2D eigenvalue weighted by molar-refractivity contribution is 5.99. The van der Waals surface area contributed by atoms with Crippen LogP contribution < -0.4 is 9.47 Å². The van der Waals surface area contributed by atoms with Gasteiger partial charge in [0.1, 0.15) is 18.1 Å². The lowest BCUT2D eigenvalue weighted by molar-refractivity contribution is 0.0967. The molecular weight excluding hydrogens is 266 g/mol. The molecule has 1 aliphatic carbocycles. The number of hydrogen-bond acceptors (Lipinski definition) is 3. The van der Waals surface area contributed by atoms with Gasteiger partial charge < -0.3 is 14.0 Å². The summed E-state index contributed by atoms with van der Waals surface area (Å²) in [5, 5.41) is 0. The average molecular weight is 285 g/mol. The van der Waals surface area contributed by atoms with Gasteiger partial charge in [-0.15, -0.1) is 0 Å².